The van der Waals surface area contributed by atoms with Crippen LogP contribution in [0.2, 0.25) is 10.0 Å². The molecule has 1 aromatic heterocycles. The van der Waals surface area contributed by atoms with Gasteiger partial charge in [-0.05, 0) is 40.0 Å². The van der Waals surface area contributed by atoms with E-state index >= 15 is 0 Å². The third-order valence-corrected chi connectivity index (χ3v) is 3.92. The van der Waals surface area contributed by atoms with Gasteiger partial charge in [-0.2, -0.15) is 0 Å². The lowest BCUT2D eigenvalue weighted by molar-refractivity contribution is 0.606. The average molecular weight is 350 g/mol. The Morgan fingerprint density at radius 3 is 2.67 bits per heavy atom. The first-order chi connectivity index (χ1) is 8.49. The van der Waals surface area contributed by atoms with Gasteiger partial charge in [0.25, 0.3) is 0 Å². The van der Waals surface area contributed by atoms with Crippen LogP contribution in [0.5, 0.6) is 0 Å². The van der Waals surface area contributed by atoms with Crippen molar-refractivity contribution in [1.29, 1.82) is 0 Å². The highest BCUT2D eigenvalue weighted by Crippen LogP contribution is 2.26. The van der Waals surface area contributed by atoms with E-state index in [1.165, 1.54) is 0 Å². The molecule has 0 fully saturated rings. The summed E-state index contributed by atoms with van der Waals surface area (Å²) < 4.78 is 2.32. The molecular weight excluding hydrogens is 339 g/mol. The summed E-state index contributed by atoms with van der Waals surface area (Å²) in [5.41, 5.74) is 8.02. The number of nitrogens with zero attached hydrogens (tertiary/aromatic N) is 3. The standard InChI is InChI=1S/C11H11BrCl2N4/c1-18-10(11(12)16-17-18)9(15)5-6-2-3-7(13)8(14)4-6/h2-4,9H,5,15H2,1H3. The van der Waals surface area contributed by atoms with E-state index < -0.39 is 0 Å². The topological polar surface area (TPSA) is 56.7 Å². The second-order valence-electron chi connectivity index (χ2n) is 3.95. The molecule has 7 heteroatoms. The molecule has 0 saturated heterocycles. The van der Waals surface area contributed by atoms with Gasteiger partial charge in [0.05, 0.1) is 21.8 Å². The summed E-state index contributed by atoms with van der Waals surface area (Å²) in [6.07, 6.45) is 0.636. The van der Waals surface area contributed by atoms with Crippen LogP contribution in [0.1, 0.15) is 17.3 Å². The van der Waals surface area contributed by atoms with Gasteiger partial charge in [-0.3, -0.25) is 0 Å². The van der Waals surface area contributed by atoms with Crippen LogP contribution in [-0.4, -0.2) is 15.0 Å². The van der Waals surface area contributed by atoms with E-state index in [1.54, 1.807) is 10.7 Å². The predicted octanol–water partition coefficient (Wildman–Crippen LogP) is 3.13. The molecule has 1 heterocycles. The summed E-state index contributed by atoms with van der Waals surface area (Å²) in [6.45, 7) is 0. The molecular formula is C11H11BrCl2N4. The van der Waals surface area contributed by atoms with Crippen molar-refractivity contribution in [1.82, 2.24) is 15.0 Å². The Balaban J connectivity index is 2.21. The summed E-state index contributed by atoms with van der Waals surface area (Å²) in [6, 6.07) is 5.28. The summed E-state index contributed by atoms with van der Waals surface area (Å²) >= 11 is 15.2. The SMILES string of the molecule is Cn1nnc(Br)c1C(N)Cc1ccc(Cl)c(Cl)c1. The van der Waals surface area contributed by atoms with E-state index in [4.69, 9.17) is 28.9 Å². The maximum absolute atomic E-state index is 6.15. The van der Waals surface area contributed by atoms with E-state index in [-0.39, 0.29) is 6.04 Å². The molecule has 96 valence electrons. The lowest BCUT2D eigenvalue weighted by Crippen LogP contribution is -2.17. The summed E-state index contributed by atoms with van der Waals surface area (Å²) in [4.78, 5) is 0. The first kappa shape index (κ1) is 13.8. The lowest BCUT2D eigenvalue weighted by atomic mass is 10.0. The fraction of sp³-hybridized carbons (Fsp3) is 0.273. The van der Waals surface area contributed by atoms with Crippen LogP contribution in [0.3, 0.4) is 0 Å². The molecule has 0 radical (unpaired) electrons. The van der Waals surface area contributed by atoms with E-state index in [0.717, 1.165) is 11.3 Å². The van der Waals surface area contributed by atoms with Crippen LogP contribution in [0.25, 0.3) is 0 Å². The number of aryl methyl sites for hydroxylation is 1. The monoisotopic (exact) mass is 348 g/mol. The van der Waals surface area contributed by atoms with Gasteiger partial charge < -0.3 is 5.73 Å². The molecule has 2 aromatic rings. The zero-order valence-electron chi connectivity index (χ0n) is 9.57. The molecule has 0 bridgehead atoms. The molecule has 1 atom stereocenters. The molecule has 4 nitrogen and oxygen atoms in total. The fourth-order valence-electron chi connectivity index (χ4n) is 1.75. The van der Waals surface area contributed by atoms with Crippen LogP contribution >= 0.6 is 39.1 Å². The largest absolute Gasteiger partial charge is 0.322 e. The van der Waals surface area contributed by atoms with E-state index in [9.17, 15) is 0 Å². The minimum Gasteiger partial charge on any atom is -0.322 e. The fourth-order valence-corrected chi connectivity index (χ4v) is 2.69. The van der Waals surface area contributed by atoms with Crippen LogP contribution < -0.4 is 5.73 Å². The third kappa shape index (κ3) is 2.85. The van der Waals surface area contributed by atoms with Crippen molar-refractivity contribution in [3.8, 4) is 0 Å². The highest BCUT2D eigenvalue weighted by molar-refractivity contribution is 9.10. The molecule has 0 aliphatic heterocycles. The molecule has 0 saturated carbocycles. The van der Waals surface area contributed by atoms with Crippen molar-refractivity contribution in [2.45, 2.75) is 12.5 Å². The molecule has 18 heavy (non-hydrogen) atoms. The number of hydrogen-bond donors (Lipinski definition) is 1. The van der Waals surface area contributed by atoms with Gasteiger partial charge in [0, 0.05) is 7.05 Å². The van der Waals surface area contributed by atoms with Gasteiger partial charge in [-0.15, -0.1) is 5.10 Å². The van der Waals surface area contributed by atoms with Crippen molar-refractivity contribution in [3.63, 3.8) is 0 Å². The Labute approximate surface area is 123 Å². The quantitative estimate of drug-likeness (QED) is 0.926. The van der Waals surface area contributed by atoms with Crippen molar-refractivity contribution < 1.29 is 0 Å². The second kappa shape index (κ2) is 5.57. The number of halogens is 3. The molecule has 0 spiro atoms. The zero-order chi connectivity index (χ0) is 13.3. The molecule has 0 aliphatic rings. The Hall–Kier alpha value is -0.620. The average Bonchev–Trinajstić information content (AvgIpc) is 2.64. The van der Waals surface area contributed by atoms with Crippen molar-refractivity contribution in [3.05, 3.63) is 44.1 Å². The van der Waals surface area contributed by atoms with E-state index in [0.29, 0.717) is 21.1 Å². The second-order valence-corrected chi connectivity index (χ2v) is 5.51. The van der Waals surface area contributed by atoms with Crippen molar-refractivity contribution >= 4 is 39.1 Å². The third-order valence-electron chi connectivity index (χ3n) is 2.62. The van der Waals surface area contributed by atoms with Crippen molar-refractivity contribution in [2.75, 3.05) is 0 Å². The van der Waals surface area contributed by atoms with Gasteiger partial charge >= 0.3 is 0 Å². The number of hydrogen-bond acceptors (Lipinski definition) is 3. The minimum atomic E-state index is -0.211. The first-order valence-corrected chi connectivity index (χ1v) is 6.78. The number of benzene rings is 1. The molecule has 1 aromatic carbocycles. The first-order valence-electron chi connectivity index (χ1n) is 5.23. The maximum atomic E-state index is 6.15. The molecule has 0 aliphatic carbocycles. The predicted molar refractivity (Wildman–Crippen MR) is 75.8 cm³/mol. The zero-order valence-corrected chi connectivity index (χ0v) is 12.7. The van der Waals surface area contributed by atoms with Gasteiger partial charge in [0.2, 0.25) is 0 Å². The highest BCUT2D eigenvalue weighted by atomic mass is 79.9. The Morgan fingerprint density at radius 2 is 2.11 bits per heavy atom. The van der Waals surface area contributed by atoms with Gasteiger partial charge in [-0.1, -0.05) is 34.5 Å². The van der Waals surface area contributed by atoms with E-state index in [1.807, 2.05) is 19.2 Å². The summed E-state index contributed by atoms with van der Waals surface area (Å²) in [5.74, 6) is 0. The van der Waals surface area contributed by atoms with Crippen molar-refractivity contribution in [2.24, 2.45) is 12.8 Å². The Morgan fingerprint density at radius 1 is 1.39 bits per heavy atom. The minimum absolute atomic E-state index is 0.211. The summed E-state index contributed by atoms with van der Waals surface area (Å²) in [7, 11) is 1.81. The molecule has 2 N–H and O–H groups in total. The Bertz CT molecular complexity index is 551. The van der Waals surface area contributed by atoms with Gasteiger partial charge in [-0.25, -0.2) is 4.68 Å². The van der Waals surface area contributed by atoms with Crippen LogP contribution in [0.4, 0.5) is 0 Å². The normalized spacial score (nSPS) is 12.7. The van der Waals surface area contributed by atoms with Gasteiger partial charge in [0.15, 0.2) is 4.60 Å². The summed E-state index contributed by atoms with van der Waals surface area (Å²) in [5, 5.41) is 8.89. The molecule has 2 rings (SSSR count). The van der Waals surface area contributed by atoms with E-state index in [2.05, 4.69) is 26.2 Å². The maximum Gasteiger partial charge on any atom is 0.153 e. The Kier molecular flexibility index (Phi) is 4.27. The van der Waals surface area contributed by atoms with Gasteiger partial charge in [0.1, 0.15) is 0 Å². The van der Waals surface area contributed by atoms with Crippen LogP contribution in [-0.2, 0) is 13.5 Å². The lowest BCUT2D eigenvalue weighted by Gasteiger charge is -2.12. The van der Waals surface area contributed by atoms with Crippen LogP contribution in [0.15, 0.2) is 22.8 Å². The smallest absolute Gasteiger partial charge is 0.153 e. The molecule has 1 unspecified atom stereocenters. The highest BCUT2D eigenvalue weighted by Gasteiger charge is 2.17. The van der Waals surface area contributed by atoms with Crippen LogP contribution in [0, 0.1) is 0 Å². The number of aromatic nitrogens is 3. The molecule has 0 amide bonds. The number of nitrogens with two attached hydrogens (primary N) is 1. The number of rotatable bonds is 3.